The topological polar surface area (TPSA) is 41.5 Å². The van der Waals surface area contributed by atoms with E-state index in [0.29, 0.717) is 11.4 Å². The van der Waals surface area contributed by atoms with E-state index >= 15 is 0 Å². The summed E-state index contributed by atoms with van der Waals surface area (Å²) >= 11 is 20.6. The maximum Gasteiger partial charge on any atom is 0.234 e. The van der Waals surface area contributed by atoms with E-state index in [1.807, 2.05) is 0 Å². The van der Waals surface area contributed by atoms with E-state index in [0.717, 1.165) is 39.0 Å². The number of benzene rings is 1. The first kappa shape index (κ1) is 18.8. The summed E-state index contributed by atoms with van der Waals surface area (Å²) in [5.74, 6) is 1.28. The van der Waals surface area contributed by atoms with Gasteiger partial charge in [-0.15, -0.1) is 0 Å². The second-order valence-corrected chi connectivity index (χ2v) is 10.0. The summed E-state index contributed by atoms with van der Waals surface area (Å²) in [6.07, 6.45) is 0. The fourth-order valence-electron chi connectivity index (χ4n) is 1.42. The number of nitrogens with zero attached hydrogens (tertiary/aromatic N) is 1. The third kappa shape index (κ3) is 4.73. The molecular formula is C11H7Br5N2OS2. The minimum absolute atomic E-state index is 0.0716. The second-order valence-electron chi connectivity index (χ2n) is 3.78. The zero-order valence-corrected chi connectivity index (χ0v) is 19.7. The lowest BCUT2D eigenvalue weighted by Gasteiger charge is -2.14. The van der Waals surface area contributed by atoms with Crippen LogP contribution >= 0.6 is 103 Å². The van der Waals surface area contributed by atoms with Crippen molar-refractivity contribution in [2.45, 2.75) is 0 Å². The molecule has 3 nitrogen and oxygen atoms in total. The summed E-state index contributed by atoms with van der Waals surface area (Å²) in [6, 6.07) is 0. The van der Waals surface area contributed by atoms with Gasteiger partial charge in [-0.25, -0.2) is 0 Å². The van der Waals surface area contributed by atoms with E-state index in [9.17, 15) is 4.79 Å². The molecule has 0 aliphatic carbocycles. The monoisotopic (exact) mass is 642 g/mol. The Balaban J connectivity index is 2.10. The Bertz CT molecular complexity index is 594. The number of thioether (sulfide) groups is 2. The van der Waals surface area contributed by atoms with E-state index in [4.69, 9.17) is 0 Å². The number of halogens is 5. The van der Waals surface area contributed by atoms with Gasteiger partial charge in [-0.3, -0.25) is 9.79 Å². The molecule has 1 amide bonds. The average molecular weight is 647 g/mol. The Labute approximate surface area is 172 Å². The van der Waals surface area contributed by atoms with Crippen molar-refractivity contribution in [1.29, 1.82) is 0 Å². The minimum atomic E-state index is -0.0716. The maximum absolute atomic E-state index is 12.1. The van der Waals surface area contributed by atoms with Gasteiger partial charge in [0.05, 0.1) is 26.9 Å². The van der Waals surface area contributed by atoms with Crippen LogP contribution < -0.4 is 5.32 Å². The SMILES string of the molecule is O=C(CSC1=NCCS1)Nc1c(Br)c(Br)c(Br)c(Br)c1Br. The zero-order valence-electron chi connectivity index (χ0n) is 10.2. The standard InChI is InChI=1S/C11H7Br5N2OS2/c12-5-6(13)8(15)10(9(16)7(5)14)18-4(19)3-21-11-17-1-2-20-11/h1-3H2,(H,18,19). The Hall–Kier alpha value is 1.46. The Morgan fingerprint density at radius 3 is 2.19 bits per heavy atom. The van der Waals surface area contributed by atoms with Crippen molar-refractivity contribution in [3.05, 3.63) is 22.4 Å². The van der Waals surface area contributed by atoms with Crippen LogP contribution in [0.25, 0.3) is 0 Å². The number of carbonyl (C=O) groups is 1. The van der Waals surface area contributed by atoms with Crippen molar-refractivity contribution >= 4 is 119 Å². The smallest absolute Gasteiger partial charge is 0.234 e. The van der Waals surface area contributed by atoms with Crippen LogP contribution in [0.5, 0.6) is 0 Å². The van der Waals surface area contributed by atoms with E-state index in [1.165, 1.54) is 11.8 Å². The Kier molecular flexibility index (Phi) is 7.63. The number of aliphatic imine (C=N–C) groups is 1. The van der Waals surface area contributed by atoms with Crippen molar-refractivity contribution in [1.82, 2.24) is 0 Å². The van der Waals surface area contributed by atoms with E-state index in [-0.39, 0.29) is 5.91 Å². The fraction of sp³-hybridized carbons (Fsp3) is 0.273. The fourth-order valence-corrected chi connectivity index (χ4v) is 6.47. The molecule has 1 aliphatic heterocycles. The van der Waals surface area contributed by atoms with E-state index in [1.54, 1.807) is 11.8 Å². The number of anilines is 1. The lowest BCUT2D eigenvalue weighted by atomic mass is 10.3. The summed E-state index contributed by atoms with van der Waals surface area (Å²) < 4.78 is 5.06. The van der Waals surface area contributed by atoms with Crippen LogP contribution in [0.1, 0.15) is 0 Å². The van der Waals surface area contributed by atoms with Gasteiger partial charge in [0.2, 0.25) is 5.91 Å². The number of hydrogen-bond donors (Lipinski definition) is 1. The highest BCUT2D eigenvalue weighted by molar-refractivity contribution is 9.15. The van der Waals surface area contributed by atoms with Gasteiger partial charge in [-0.2, -0.15) is 0 Å². The summed E-state index contributed by atoms with van der Waals surface area (Å²) in [5.41, 5.74) is 0.684. The van der Waals surface area contributed by atoms with Gasteiger partial charge in [-0.05, 0) is 79.6 Å². The number of hydrogen-bond acceptors (Lipinski definition) is 4. The molecule has 1 aliphatic rings. The molecule has 0 aromatic heterocycles. The predicted octanol–water partition coefficient (Wildman–Crippen LogP) is 6.27. The Morgan fingerprint density at radius 2 is 1.67 bits per heavy atom. The van der Waals surface area contributed by atoms with Gasteiger partial charge in [0, 0.05) is 19.2 Å². The van der Waals surface area contributed by atoms with Crippen molar-refractivity contribution in [3.63, 3.8) is 0 Å². The van der Waals surface area contributed by atoms with Crippen LogP contribution in [-0.4, -0.2) is 28.3 Å². The van der Waals surface area contributed by atoms with Crippen LogP contribution in [-0.2, 0) is 4.79 Å². The first-order chi connectivity index (χ1) is 9.91. The molecule has 0 radical (unpaired) electrons. The van der Waals surface area contributed by atoms with Gasteiger partial charge in [-0.1, -0.05) is 23.5 Å². The molecule has 21 heavy (non-hydrogen) atoms. The maximum atomic E-state index is 12.1. The molecule has 0 saturated carbocycles. The highest BCUT2D eigenvalue weighted by atomic mass is 79.9. The van der Waals surface area contributed by atoms with Gasteiger partial charge < -0.3 is 5.32 Å². The van der Waals surface area contributed by atoms with Crippen molar-refractivity contribution < 1.29 is 4.79 Å². The molecule has 0 bridgehead atoms. The van der Waals surface area contributed by atoms with Crippen LogP contribution in [0.15, 0.2) is 27.4 Å². The first-order valence-corrected chi connectivity index (χ1v) is 11.5. The van der Waals surface area contributed by atoms with Crippen molar-refractivity contribution in [2.24, 2.45) is 4.99 Å². The summed E-state index contributed by atoms with van der Waals surface area (Å²) in [4.78, 5) is 16.4. The lowest BCUT2D eigenvalue weighted by molar-refractivity contribution is -0.113. The van der Waals surface area contributed by atoms with Gasteiger partial charge in [0.25, 0.3) is 0 Å². The average Bonchev–Trinajstić information content (AvgIpc) is 2.99. The molecule has 0 spiro atoms. The molecule has 1 heterocycles. The van der Waals surface area contributed by atoms with Crippen molar-refractivity contribution in [2.75, 3.05) is 23.4 Å². The largest absolute Gasteiger partial charge is 0.323 e. The molecule has 2 rings (SSSR count). The zero-order chi connectivity index (χ0) is 15.6. The molecule has 0 fully saturated rings. The van der Waals surface area contributed by atoms with Crippen molar-refractivity contribution in [3.8, 4) is 0 Å². The summed E-state index contributed by atoms with van der Waals surface area (Å²) in [7, 11) is 0. The first-order valence-electron chi connectivity index (χ1n) is 5.53. The Morgan fingerprint density at radius 1 is 1.10 bits per heavy atom. The van der Waals surface area contributed by atoms with Gasteiger partial charge >= 0.3 is 0 Å². The summed E-state index contributed by atoms with van der Waals surface area (Å²) in [5, 5.41) is 2.91. The quantitative estimate of drug-likeness (QED) is 0.311. The third-order valence-corrected chi connectivity index (χ3v) is 10.7. The third-order valence-electron chi connectivity index (χ3n) is 2.36. The molecule has 1 aromatic carbocycles. The molecule has 1 N–H and O–H groups in total. The van der Waals surface area contributed by atoms with Gasteiger partial charge in [0.1, 0.15) is 4.38 Å². The van der Waals surface area contributed by atoms with Crippen LogP contribution in [0.2, 0.25) is 0 Å². The second kappa shape index (κ2) is 8.53. The molecule has 114 valence electrons. The minimum Gasteiger partial charge on any atom is -0.323 e. The van der Waals surface area contributed by atoms with Crippen LogP contribution in [0.4, 0.5) is 5.69 Å². The van der Waals surface area contributed by atoms with Crippen LogP contribution in [0, 0.1) is 0 Å². The molecule has 10 heteroatoms. The lowest BCUT2D eigenvalue weighted by Crippen LogP contribution is -2.16. The molecular weight excluding hydrogens is 640 g/mol. The number of carbonyl (C=O) groups excluding carboxylic acids is 1. The number of rotatable bonds is 3. The highest BCUT2D eigenvalue weighted by Crippen LogP contribution is 2.47. The van der Waals surface area contributed by atoms with E-state index in [2.05, 4.69) is 90.0 Å². The normalized spacial score (nSPS) is 14.2. The molecule has 0 atom stereocenters. The predicted molar refractivity (Wildman–Crippen MR) is 111 cm³/mol. The molecule has 1 aromatic rings. The van der Waals surface area contributed by atoms with Gasteiger partial charge in [0.15, 0.2) is 0 Å². The highest BCUT2D eigenvalue weighted by Gasteiger charge is 2.19. The number of amides is 1. The van der Waals surface area contributed by atoms with Crippen LogP contribution in [0.3, 0.4) is 0 Å². The summed E-state index contributed by atoms with van der Waals surface area (Å²) in [6.45, 7) is 0.846. The molecule has 0 unspecified atom stereocenters. The molecule has 0 saturated heterocycles. The van der Waals surface area contributed by atoms with E-state index < -0.39 is 0 Å². The number of nitrogens with one attached hydrogen (secondary N) is 1.